The molecule has 2 amide bonds. The fourth-order valence-corrected chi connectivity index (χ4v) is 4.29. The van der Waals surface area contributed by atoms with Crippen molar-refractivity contribution >= 4 is 21.7 Å². The second-order valence-electron chi connectivity index (χ2n) is 6.28. The molecule has 1 saturated heterocycles. The molecule has 138 valence electrons. The van der Waals surface area contributed by atoms with E-state index in [-0.39, 0.29) is 31.7 Å². The molecule has 0 aliphatic carbocycles. The van der Waals surface area contributed by atoms with Crippen LogP contribution in [0.5, 0.6) is 0 Å². The molecule has 7 nitrogen and oxygen atoms in total. The summed E-state index contributed by atoms with van der Waals surface area (Å²) in [6.07, 6.45) is 1.71. The minimum Gasteiger partial charge on any atom is -0.354 e. The van der Waals surface area contributed by atoms with Crippen LogP contribution in [0.3, 0.4) is 0 Å². The van der Waals surface area contributed by atoms with Crippen molar-refractivity contribution in [1.29, 1.82) is 0 Å². The van der Waals surface area contributed by atoms with Gasteiger partial charge in [0.15, 0.2) is 14.6 Å². The summed E-state index contributed by atoms with van der Waals surface area (Å²) in [4.78, 5) is 24.3. The van der Waals surface area contributed by atoms with Crippen LogP contribution in [0.25, 0.3) is 0 Å². The van der Waals surface area contributed by atoms with Gasteiger partial charge in [0.2, 0.25) is 11.8 Å². The summed E-state index contributed by atoms with van der Waals surface area (Å²) in [5.74, 6) is -0.699. The normalized spacial score (nSPS) is 16.8. The van der Waals surface area contributed by atoms with Crippen LogP contribution >= 0.6 is 0 Å². The molecule has 0 radical (unpaired) electrons. The van der Waals surface area contributed by atoms with E-state index in [1.54, 1.807) is 0 Å². The Hall–Kier alpha value is -1.93. The van der Waals surface area contributed by atoms with Crippen molar-refractivity contribution in [3.05, 3.63) is 35.9 Å². The van der Waals surface area contributed by atoms with Crippen LogP contribution in [-0.2, 0) is 26.0 Å². The van der Waals surface area contributed by atoms with E-state index in [2.05, 4.69) is 16.0 Å². The van der Waals surface area contributed by atoms with Crippen LogP contribution in [0.2, 0.25) is 0 Å². The highest BCUT2D eigenvalue weighted by molar-refractivity contribution is 7.92. The van der Waals surface area contributed by atoms with Crippen molar-refractivity contribution in [3.8, 4) is 0 Å². The average molecular weight is 367 g/mol. The fourth-order valence-electron chi connectivity index (χ4n) is 2.93. The van der Waals surface area contributed by atoms with Gasteiger partial charge < -0.3 is 16.0 Å². The number of benzene rings is 1. The molecule has 0 atom stereocenters. The van der Waals surface area contributed by atoms with Gasteiger partial charge in [-0.25, -0.2) is 8.42 Å². The summed E-state index contributed by atoms with van der Waals surface area (Å²) < 4.78 is 22.9. The van der Waals surface area contributed by atoms with E-state index < -0.39 is 20.5 Å². The van der Waals surface area contributed by atoms with Crippen LogP contribution in [0, 0.1) is 0 Å². The molecule has 8 heteroatoms. The third-order valence-corrected chi connectivity index (χ3v) is 6.52. The number of sulfone groups is 1. The monoisotopic (exact) mass is 367 g/mol. The maximum Gasteiger partial charge on any atom is 0.241 e. The minimum atomic E-state index is -3.54. The lowest BCUT2D eigenvalue weighted by Gasteiger charge is -2.34. The predicted octanol–water partition coefficient (Wildman–Crippen LogP) is -0.0241. The first-order chi connectivity index (χ1) is 11.8. The Labute approximate surface area is 148 Å². The zero-order chi connectivity index (χ0) is 18.3. The number of carbonyl (C=O) groups is 2. The highest BCUT2D eigenvalue weighted by Crippen LogP contribution is 2.27. The Morgan fingerprint density at radius 1 is 1.12 bits per heavy atom. The molecule has 2 rings (SSSR count). The van der Waals surface area contributed by atoms with E-state index >= 15 is 0 Å². The van der Waals surface area contributed by atoms with Crippen LogP contribution in [-0.4, -0.2) is 50.9 Å². The zero-order valence-electron chi connectivity index (χ0n) is 14.4. The lowest BCUT2D eigenvalue weighted by atomic mass is 9.96. The van der Waals surface area contributed by atoms with Gasteiger partial charge in [0, 0.05) is 25.8 Å². The molecule has 0 unspecified atom stereocenters. The van der Waals surface area contributed by atoms with Gasteiger partial charge >= 0.3 is 0 Å². The molecule has 25 heavy (non-hydrogen) atoms. The lowest BCUT2D eigenvalue weighted by Crippen LogP contribution is -2.57. The summed E-state index contributed by atoms with van der Waals surface area (Å²) in [7, 11) is -3.54. The Balaban J connectivity index is 1.81. The number of carbonyl (C=O) groups excluding carboxylic acids is 2. The van der Waals surface area contributed by atoms with Crippen molar-refractivity contribution in [2.45, 2.75) is 30.6 Å². The quantitative estimate of drug-likeness (QED) is 0.628. The number of hydrogen-bond acceptors (Lipinski definition) is 5. The summed E-state index contributed by atoms with van der Waals surface area (Å²) >= 11 is 0. The second kappa shape index (κ2) is 8.44. The van der Waals surface area contributed by atoms with Gasteiger partial charge in [-0.15, -0.1) is 0 Å². The van der Waals surface area contributed by atoms with Gasteiger partial charge in [-0.2, -0.15) is 0 Å². The molecule has 1 aromatic carbocycles. The Morgan fingerprint density at radius 3 is 2.36 bits per heavy atom. The summed E-state index contributed by atoms with van der Waals surface area (Å²) in [6, 6.07) is 9.51. The Bertz CT molecular complexity index is 698. The van der Waals surface area contributed by atoms with Gasteiger partial charge in [0.25, 0.3) is 0 Å². The highest BCUT2D eigenvalue weighted by Gasteiger charge is 2.48. The van der Waals surface area contributed by atoms with Gasteiger partial charge in [0.05, 0.1) is 0 Å². The first-order valence-electron chi connectivity index (χ1n) is 8.34. The molecule has 0 saturated carbocycles. The average Bonchev–Trinajstić information content (AvgIpc) is 2.60. The standard InChI is InChI=1S/C17H25N3O4S/c1-25(23,24)17(8-11-18-12-9-17)16(22)19-10-7-15(21)20-13-14-5-3-2-4-6-14/h2-6,18H,7-13H2,1H3,(H,19,22)(H,20,21). The molecular weight excluding hydrogens is 342 g/mol. The third-order valence-electron chi connectivity index (χ3n) is 4.50. The predicted molar refractivity (Wildman–Crippen MR) is 95.6 cm³/mol. The number of rotatable bonds is 7. The van der Waals surface area contributed by atoms with E-state index in [9.17, 15) is 18.0 Å². The first kappa shape index (κ1) is 19.4. The summed E-state index contributed by atoms with van der Waals surface area (Å²) in [6.45, 7) is 1.51. The smallest absolute Gasteiger partial charge is 0.241 e. The molecule has 0 bridgehead atoms. The van der Waals surface area contributed by atoms with Crippen molar-refractivity contribution in [3.63, 3.8) is 0 Å². The second-order valence-corrected chi connectivity index (χ2v) is 8.61. The molecule has 1 fully saturated rings. The van der Waals surface area contributed by atoms with E-state index in [1.165, 1.54) is 0 Å². The maximum absolute atomic E-state index is 12.5. The minimum absolute atomic E-state index is 0.108. The molecule has 1 aliphatic rings. The topological polar surface area (TPSA) is 104 Å². The van der Waals surface area contributed by atoms with Crippen LogP contribution in [0.15, 0.2) is 30.3 Å². The molecule has 1 heterocycles. The van der Waals surface area contributed by atoms with Crippen molar-refractivity contribution in [2.24, 2.45) is 0 Å². The molecule has 0 aromatic heterocycles. The van der Waals surface area contributed by atoms with Crippen molar-refractivity contribution in [1.82, 2.24) is 16.0 Å². The molecule has 0 spiro atoms. The van der Waals surface area contributed by atoms with Crippen LogP contribution in [0.1, 0.15) is 24.8 Å². The van der Waals surface area contributed by atoms with Crippen molar-refractivity contribution in [2.75, 3.05) is 25.9 Å². The lowest BCUT2D eigenvalue weighted by molar-refractivity contribution is -0.124. The largest absolute Gasteiger partial charge is 0.354 e. The van der Waals surface area contributed by atoms with E-state index in [4.69, 9.17) is 0 Å². The molecule has 1 aliphatic heterocycles. The Kier molecular flexibility index (Phi) is 6.55. The van der Waals surface area contributed by atoms with Gasteiger partial charge in [-0.3, -0.25) is 9.59 Å². The molecule has 1 aromatic rings. The van der Waals surface area contributed by atoms with Gasteiger partial charge in [0.1, 0.15) is 0 Å². The SMILES string of the molecule is CS(=O)(=O)C1(C(=O)NCCC(=O)NCc2ccccc2)CCNCC1. The molecule has 3 N–H and O–H groups in total. The summed E-state index contributed by atoms with van der Waals surface area (Å²) in [5.41, 5.74) is 0.991. The maximum atomic E-state index is 12.5. The van der Waals surface area contributed by atoms with E-state index in [0.717, 1.165) is 11.8 Å². The van der Waals surface area contributed by atoms with Crippen LogP contribution in [0.4, 0.5) is 0 Å². The van der Waals surface area contributed by atoms with Crippen LogP contribution < -0.4 is 16.0 Å². The number of nitrogens with one attached hydrogen (secondary N) is 3. The van der Waals surface area contributed by atoms with E-state index in [0.29, 0.717) is 19.6 Å². The number of piperidine rings is 1. The fraction of sp³-hybridized carbons (Fsp3) is 0.529. The molecular formula is C17H25N3O4S. The highest BCUT2D eigenvalue weighted by atomic mass is 32.2. The number of hydrogen-bond donors (Lipinski definition) is 3. The van der Waals surface area contributed by atoms with Crippen molar-refractivity contribution < 1.29 is 18.0 Å². The Morgan fingerprint density at radius 2 is 1.76 bits per heavy atom. The first-order valence-corrected chi connectivity index (χ1v) is 10.2. The number of amides is 2. The third kappa shape index (κ3) is 5.02. The summed E-state index contributed by atoms with van der Waals surface area (Å²) in [5, 5.41) is 8.46. The van der Waals surface area contributed by atoms with Gasteiger partial charge in [-0.1, -0.05) is 30.3 Å². The van der Waals surface area contributed by atoms with Gasteiger partial charge in [-0.05, 0) is 31.5 Å². The van der Waals surface area contributed by atoms with E-state index in [1.807, 2.05) is 30.3 Å². The zero-order valence-corrected chi connectivity index (χ0v) is 15.2.